The Balaban J connectivity index is 1.48. The van der Waals surface area contributed by atoms with E-state index in [2.05, 4.69) is 27.1 Å². The number of piperidine rings is 1. The molecule has 0 radical (unpaired) electrons. The smallest absolute Gasteiger partial charge is 0.237 e. The Morgan fingerprint density at radius 3 is 1.93 bits per heavy atom. The summed E-state index contributed by atoms with van der Waals surface area (Å²) < 4.78 is 11.1. The molecule has 3 heterocycles. The number of nitrogens with zero attached hydrogens (tertiary/aromatic N) is 5. The normalized spacial score (nSPS) is 15.6. The van der Waals surface area contributed by atoms with E-state index in [1.54, 1.807) is 26.6 Å². The second kappa shape index (κ2) is 13.1. The summed E-state index contributed by atoms with van der Waals surface area (Å²) in [7, 11) is 5.05. The monoisotopic (exact) mass is 592 g/mol. The topological polar surface area (TPSA) is 85.3 Å². The molecule has 0 aliphatic carbocycles. The van der Waals surface area contributed by atoms with E-state index < -0.39 is 0 Å². The number of hydrogen-bond donors (Lipinski definition) is 1. The molecule has 0 saturated carbocycles. The van der Waals surface area contributed by atoms with Crippen LogP contribution >= 0.6 is 23.2 Å². The van der Waals surface area contributed by atoms with E-state index in [1.165, 1.54) is 12.8 Å². The Morgan fingerprint density at radius 1 is 0.854 bits per heavy atom. The molecule has 1 saturated heterocycles. The molecule has 8 nitrogen and oxygen atoms in total. The third-order valence-electron chi connectivity index (χ3n) is 7.31. The van der Waals surface area contributed by atoms with Crippen molar-refractivity contribution in [1.82, 2.24) is 30.2 Å². The van der Waals surface area contributed by atoms with Gasteiger partial charge in [0, 0.05) is 41.9 Å². The third kappa shape index (κ3) is 6.31. The van der Waals surface area contributed by atoms with Crippen LogP contribution in [0.5, 0.6) is 11.8 Å². The number of benzene rings is 2. The van der Waals surface area contributed by atoms with Crippen molar-refractivity contribution in [3.05, 3.63) is 70.2 Å². The van der Waals surface area contributed by atoms with E-state index in [1.807, 2.05) is 43.4 Å². The number of hydrogen-bond acceptors (Lipinski definition) is 8. The molecule has 1 aliphatic rings. The van der Waals surface area contributed by atoms with Gasteiger partial charge in [-0.05, 0) is 32.4 Å². The highest BCUT2D eigenvalue weighted by atomic mass is 35.5. The summed E-state index contributed by atoms with van der Waals surface area (Å²) in [5, 5.41) is 4.11. The molecule has 0 bridgehead atoms. The minimum atomic E-state index is 0.448. The zero-order chi connectivity index (χ0) is 28.9. The van der Waals surface area contributed by atoms with Gasteiger partial charge in [-0.25, -0.2) is 9.97 Å². The molecule has 214 valence electrons. The van der Waals surface area contributed by atoms with Crippen LogP contribution in [0.2, 0.25) is 10.0 Å². The summed E-state index contributed by atoms with van der Waals surface area (Å²) in [5.74, 6) is 1.64. The summed E-state index contributed by atoms with van der Waals surface area (Å²) in [6, 6.07) is 11.6. The Morgan fingerprint density at radius 2 is 1.39 bits per heavy atom. The SMILES string of the molecule is CNCc1ncc(-c2cccc(-c3cccc(-c4cnc(CN5CCC[C@H](C)C5)c(OC)n4)c3Cl)c2Cl)nc1OC. The van der Waals surface area contributed by atoms with Crippen molar-refractivity contribution < 1.29 is 9.47 Å². The molecule has 1 N–H and O–H groups in total. The Labute approximate surface area is 251 Å². The predicted octanol–water partition coefficient (Wildman–Crippen LogP) is 6.54. The second-order valence-corrected chi connectivity index (χ2v) is 11.0. The van der Waals surface area contributed by atoms with Gasteiger partial charge in [0.05, 0.1) is 48.0 Å². The molecule has 1 aliphatic heterocycles. The van der Waals surface area contributed by atoms with Crippen molar-refractivity contribution in [1.29, 1.82) is 0 Å². The van der Waals surface area contributed by atoms with Crippen LogP contribution in [0.1, 0.15) is 31.2 Å². The van der Waals surface area contributed by atoms with Gasteiger partial charge >= 0.3 is 0 Å². The average Bonchev–Trinajstić information content (AvgIpc) is 2.98. The maximum Gasteiger partial charge on any atom is 0.237 e. The molecule has 41 heavy (non-hydrogen) atoms. The van der Waals surface area contributed by atoms with Crippen LogP contribution in [-0.4, -0.2) is 59.2 Å². The first-order valence-corrected chi connectivity index (χ1v) is 14.4. The number of aromatic nitrogens is 4. The van der Waals surface area contributed by atoms with Crippen molar-refractivity contribution >= 4 is 23.2 Å². The first-order chi connectivity index (χ1) is 19.9. The minimum Gasteiger partial charge on any atom is -0.480 e. The lowest BCUT2D eigenvalue weighted by Gasteiger charge is -2.30. The molecule has 0 amide bonds. The van der Waals surface area contributed by atoms with Crippen LogP contribution in [0.15, 0.2) is 48.8 Å². The minimum absolute atomic E-state index is 0.448. The zero-order valence-electron chi connectivity index (χ0n) is 23.7. The summed E-state index contributed by atoms with van der Waals surface area (Å²) in [4.78, 5) is 21.2. The highest BCUT2D eigenvalue weighted by molar-refractivity contribution is 6.39. The highest BCUT2D eigenvalue weighted by Crippen LogP contribution is 2.42. The molecular weight excluding hydrogens is 559 g/mol. The van der Waals surface area contributed by atoms with Gasteiger partial charge in [0.15, 0.2) is 0 Å². The molecule has 4 aromatic rings. The number of nitrogens with one attached hydrogen (secondary N) is 1. The van der Waals surface area contributed by atoms with Crippen molar-refractivity contribution in [2.24, 2.45) is 5.92 Å². The molecule has 1 atom stereocenters. The lowest BCUT2D eigenvalue weighted by Crippen LogP contribution is -2.34. The quantitative estimate of drug-likeness (QED) is 0.234. The summed E-state index contributed by atoms with van der Waals surface area (Å²) >= 11 is 14.0. The number of methoxy groups -OCH3 is 2. The van der Waals surface area contributed by atoms with Crippen molar-refractivity contribution in [3.8, 4) is 45.4 Å². The van der Waals surface area contributed by atoms with Crippen LogP contribution in [0.25, 0.3) is 33.6 Å². The number of rotatable bonds is 9. The number of halogens is 2. The third-order valence-corrected chi connectivity index (χ3v) is 8.12. The molecule has 1 fully saturated rings. The van der Waals surface area contributed by atoms with E-state index in [0.717, 1.165) is 46.7 Å². The maximum atomic E-state index is 7.03. The molecule has 0 spiro atoms. The summed E-state index contributed by atoms with van der Waals surface area (Å²) in [5.41, 5.74) is 5.79. The van der Waals surface area contributed by atoms with Crippen LogP contribution in [0, 0.1) is 5.92 Å². The molecule has 5 rings (SSSR count). The van der Waals surface area contributed by atoms with Gasteiger partial charge in [0.2, 0.25) is 11.8 Å². The average molecular weight is 594 g/mol. The van der Waals surface area contributed by atoms with Crippen LogP contribution < -0.4 is 14.8 Å². The Kier molecular flexibility index (Phi) is 9.35. The molecule has 2 aromatic carbocycles. The largest absolute Gasteiger partial charge is 0.480 e. The molecule has 2 aromatic heterocycles. The van der Waals surface area contributed by atoms with Crippen molar-refractivity contribution in [3.63, 3.8) is 0 Å². The summed E-state index contributed by atoms with van der Waals surface area (Å²) in [6.45, 7) is 5.65. The molecule has 0 unspecified atom stereocenters. The lowest BCUT2D eigenvalue weighted by molar-refractivity contribution is 0.172. The first-order valence-electron chi connectivity index (χ1n) is 13.7. The second-order valence-electron chi connectivity index (χ2n) is 10.3. The standard InChI is InChI=1S/C31H34Cl2N6O2/c1-19-8-7-13-39(17-19)18-27-31(41-4)38-25(16-36-27)23-12-6-10-21(29(23)33)20-9-5-11-22(28(20)32)24-15-35-26(14-34-2)30(37-24)40-3/h5-6,9-12,15-16,19,34H,7-8,13-14,17-18H2,1-4H3/t19-/m0/s1. The fourth-order valence-electron chi connectivity index (χ4n) is 5.30. The zero-order valence-corrected chi connectivity index (χ0v) is 25.3. The van der Waals surface area contributed by atoms with E-state index in [9.17, 15) is 0 Å². The molecule has 10 heteroatoms. The van der Waals surface area contributed by atoms with Crippen LogP contribution in [-0.2, 0) is 13.1 Å². The Bertz CT molecular complexity index is 1530. The Hall–Kier alpha value is -3.30. The summed E-state index contributed by atoms with van der Waals surface area (Å²) in [6.07, 6.45) is 5.93. The fraction of sp³-hybridized carbons (Fsp3) is 0.355. The van der Waals surface area contributed by atoms with Gasteiger partial charge in [-0.1, -0.05) is 66.5 Å². The first kappa shape index (κ1) is 29.2. The van der Waals surface area contributed by atoms with Gasteiger partial charge in [0.25, 0.3) is 0 Å². The van der Waals surface area contributed by atoms with Crippen molar-refractivity contribution in [2.45, 2.75) is 32.9 Å². The van der Waals surface area contributed by atoms with E-state index in [4.69, 9.17) is 42.6 Å². The highest BCUT2D eigenvalue weighted by Gasteiger charge is 2.21. The van der Waals surface area contributed by atoms with Crippen LogP contribution in [0.4, 0.5) is 0 Å². The molecular formula is C31H34Cl2N6O2. The fourth-order valence-corrected chi connectivity index (χ4v) is 5.94. The van der Waals surface area contributed by atoms with Gasteiger partial charge in [-0.3, -0.25) is 14.9 Å². The number of ether oxygens (including phenoxy) is 2. The maximum absolute atomic E-state index is 7.03. The number of likely N-dealkylation sites (tertiary alicyclic amines) is 1. The van der Waals surface area contributed by atoms with E-state index in [-0.39, 0.29) is 0 Å². The van der Waals surface area contributed by atoms with Crippen molar-refractivity contribution in [2.75, 3.05) is 34.4 Å². The van der Waals surface area contributed by atoms with Gasteiger partial charge in [-0.2, -0.15) is 0 Å². The van der Waals surface area contributed by atoms with Gasteiger partial charge in [0.1, 0.15) is 11.4 Å². The van der Waals surface area contributed by atoms with E-state index >= 15 is 0 Å². The van der Waals surface area contributed by atoms with Crippen LogP contribution in [0.3, 0.4) is 0 Å². The predicted molar refractivity (Wildman–Crippen MR) is 163 cm³/mol. The van der Waals surface area contributed by atoms with E-state index in [0.29, 0.717) is 52.2 Å². The van der Waals surface area contributed by atoms with Gasteiger partial charge < -0.3 is 14.8 Å². The van der Waals surface area contributed by atoms with Gasteiger partial charge in [-0.15, -0.1) is 0 Å². The lowest BCUT2D eigenvalue weighted by atomic mass is 9.98.